The highest BCUT2D eigenvalue weighted by molar-refractivity contribution is 7.85. The zero-order valence-corrected chi connectivity index (χ0v) is 13.4. The third-order valence-corrected chi connectivity index (χ3v) is 6.24. The molecular weight excluding hydrogens is 292 g/mol. The predicted molar refractivity (Wildman–Crippen MR) is 84.4 cm³/mol. The van der Waals surface area contributed by atoms with Gasteiger partial charge in [0.05, 0.1) is 6.54 Å². The molecule has 0 radical (unpaired) electrons. The van der Waals surface area contributed by atoms with E-state index < -0.39 is 10.8 Å². The molecule has 4 nitrogen and oxygen atoms in total. The minimum absolute atomic E-state index is 0.119. The Hall–Kier alpha value is -0.880. The van der Waals surface area contributed by atoms with Crippen LogP contribution in [0.3, 0.4) is 0 Å². The van der Waals surface area contributed by atoms with Crippen LogP contribution in [-0.2, 0) is 17.3 Å². The molecule has 1 saturated carbocycles. The van der Waals surface area contributed by atoms with Gasteiger partial charge in [0, 0.05) is 32.7 Å². The highest BCUT2D eigenvalue weighted by Crippen LogP contribution is 2.22. The fourth-order valence-corrected chi connectivity index (χ4v) is 4.56. The Morgan fingerprint density at radius 1 is 1.50 bits per heavy atom. The van der Waals surface area contributed by atoms with Crippen molar-refractivity contribution in [2.75, 3.05) is 5.75 Å². The number of rotatable bonds is 5. The first-order valence-corrected chi connectivity index (χ1v) is 9.39. The second-order valence-electron chi connectivity index (χ2n) is 5.06. The number of carbonyl (C=O) groups is 1. The van der Waals surface area contributed by atoms with E-state index in [0.717, 1.165) is 30.6 Å². The van der Waals surface area contributed by atoms with Crippen molar-refractivity contribution in [3.8, 4) is 0 Å². The van der Waals surface area contributed by atoms with Crippen LogP contribution >= 0.6 is 11.3 Å². The predicted octanol–water partition coefficient (Wildman–Crippen LogP) is 2.63. The maximum absolute atomic E-state index is 11.9. The molecule has 1 aromatic rings. The van der Waals surface area contributed by atoms with Crippen LogP contribution in [-0.4, -0.2) is 27.3 Å². The van der Waals surface area contributed by atoms with Gasteiger partial charge in [0.25, 0.3) is 0 Å². The summed E-state index contributed by atoms with van der Waals surface area (Å²) in [5.41, 5.74) is 0. The Kier molecular flexibility index (Phi) is 6.04. The zero-order valence-electron chi connectivity index (χ0n) is 11.8. The molecule has 2 amide bonds. The van der Waals surface area contributed by atoms with Gasteiger partial charge in [0.2, 0.25) is 0 Å². The summed E-state index contributed by atoms with van der Waals surface area (Å²) in [6, 6.07) is 4.02. The zero-order chi connectivity index (χ0) is 14.4. The normalized spacial score (nSPS) is 24.1. The molecule has 0 saturated heterocycles. The molecule has 0 unspecified atom stereocenters. The van der Waals surface area contributed by atoms with E-state index in [1.54, 1.807) is 11.3 Å². The quantitative estimate of drug-likeness (QED) is 0.878. The summed E-state index contributed by atoms with van der Waals surface area (Å²) in [6.07, 6.45) is 3.90. The molecule has 2 rings (SSSR count). The lowest BCUT2D eigenvalue weighted by molar-refractivity contribution is 0.232. The smallest absolute Gasteiger partial charge is 0.315 e. The van der Waals surface area contributed by atoms with E-state index in [1.165, 1.54) is 0 Å². The summed E-state index contributed by atoms with van der Waals surface area (Å²) in [6.45, 7) is 2.53. The first kappa shape index (κ1) is 15.5. The van der Waals surface area contributed by atoms with E-state index in [1.807, 2.05) is 24.4 Å². The molecule has 112 valence electrons. The minimum atomic E-state index is -0.747. The molecule has 2 N–H and O–H groups in total. The summed E-state index contributed by atoms with van der Waals surface area (Å²) in [7, 11) is -0.747. The van der Waals surface area contributed by atoms with E-state index >= 15 is 0 Å². The molecule has 1 fully saturated rings. The molecular formula is C14H22N2O2S2. The van der Waals surface area contributed by atoms with Crippen molar-refractivity contribution in [1.82, 2.24) is 10.6 Å². The summed E-state index contributed by atoms with van der Waals surface area (Å²) >= 11 is 1.64. The lowest BCUT2D eigenvalue weighted by atomic mass is 9.95. The first-order valence-electron chi connectivity index (χ1n) is 7.13. The maximum Gasteiger partial charge on any atom is 0.315 e. The van der Waals surface area contributed by atoms with Crippen LogP contribution in [0.1, 0.15) is 37.5 Å². The Labute approximate surface area is 126 Å². The summed E-state index contributed by atoms with van der Waals surface area (Å²) in [4.78, 5) is 13.0. The van der Waals surface area contributed by atoms with Crippen molar-refractivity contribution < 1.29 is 9.00 Å². The van der Waals surface area contributed by atoms with Crippen molar-refractivity contribution in [1.29, 1.82) is 0 Å². The van der Waals surface area contributed by atoms with Crippen molar-refractivity contribution in [2.24, 2.45) is 0 Å². The van der Waals surface area contributed by atoms with Gasteiger partial charge in [-0.25, -0.2) is 4.79 Å². The number of hydrogen-bond acceptors (Lipinski definition) is 3. The van der Waals surface area contributed by atoms with Crippen LogP contribution < -0.4 is 10.6 Å². The highest BCUT2D eigenvalue weighted by Gasteiger charge is 2.26. The Morgan fingerprint density at radius 2 is 2.35 bits per heavy atom. The monoisotopic (exact) mass is 314 g/mol. The van der Waals surface area contributed by atoms with Crippen molar-refractivity contribution in [3.05, 3.63) is 22.4 Å². The number of urea groups is 1. The lowest BCUT2D eigenvalue weighted by Crippen LogP contribution is -2.45. The Bertz CT molecular complexity index is 448. The van der Waals surface area contributed by atoms with Crippen LogP contribution in [0.2, 0.25) is 0 Å². The molecule has 6 heteroatoms. The van der Waals surface area contributed by atoms with E-state index in [-0.39, 0.29) is 17.3 Å². The molecule has 1 aromatic heterocycles. The second kappa shape index (κ2) is 7.78. The van der Waals surface area contributed by atoms with Crippen LogP contribution in [0.15, 0.2) is 17.5 Å². The van der Waals surface area contributed by atoms with Crippen LogP contribution in [0.4, 0.5) is 4.79 Å². The van der Waals surface area contributed by atoms with Crippen molar-refractivity contribution in [3.63, 3.8) is 0 Å². The van der Waals surface area contributed by atoms with E-state index in [4.69, 9.17) is 0 Å². The fraction of sp³-hybridized carbons (Fsp3) is 0.643. The van der Waals surface area contributed by atoms with Crippen LogP contribution in [0.5, 0.6) is 0 Å². The van der Waals surface area contributed by atoms with Gasteiger partial charge in [0.1, 0.15) is 0 Å². The third-order valence-electron chi connectivity index (χ3n) is 3.62. The molecule has 20 heavy (non-hydrogen) atoms. The molecule has 1 aliphatic rings. The van der Waals surface area contributed by atoms with Gasteiger partial charge in [-0.1, -0.05) is 19.4 Å². The first-order chi connectivity index (χ1) is 9.69. The van der Waals surface area contributed by atoms with Gasteiger partial charge in [-0.05, 0) is 30.7 Å². The average Bonchev–Trinajstić information content (AvgIpc) is 2.98. The van der Waals surface area contributed by atoms with Crippen LogP contribution in [0.25, 0.3) is 0 Å². The van der Waals surface area contributed by atoms with E-state index in [0.29, 0.717) is 12.3 Å². The molecule has 1 aliphatic carbocycles. The standard InChI is InChI=1S/C14H22N2O2S2/c1-2-20(18)13-7-3-5-11(9-13)16-14(17)15-10-12-6-4-8-19-12/h4,6,8,11,13H,2-3,5,7,9-10H2,1H3,(H2,15,16,17)/t11-,13+,20+/m1/s1. The molecule has 0 aliphatic heterocycles. The molecule has 3 atom stereocenters. The van der Waals surface area contributed by atoms with Crippen LogP contribution in [0, 0.1) is 0 Å². The van der Waals surface area contributed by atoms with Gasteiger partial charge in [-0.15, -0.1) is 11.3 Å². The van der Waals surface area contributed by atoms with E-state index in [9.17, 15) is 9.00 Å². The van der Waals surface area contributed by atoms with Gasteiger partial charge in [-0.3, -0.25) is 4.21 Å². The maximum atomic E-state index is 11.9. The van der Waals surface area contributed by atoms with Crippen molar-refractivity contribution in [2.45, 2.75) is 50.4 Å². The Morgan fingerprint density at radius 3 is 3.05 bits per heavy atom. The average molecular weight is 314 g/mol. The molecule has 0 bridgehead atoms. The minimum Gasteiger partial charge on any atom is -0.335 e. The number of thiophene rings is 1. The van der Waals surface area contributed by atoms with Gasteiger partial charge < -0.3 is 10.6 Å². The number of amides is 2. The Balaban J connectivity index is 1.74. The fourth-order valence-electron chi connectivity index (χ4n) is 2.57. The SMILES string of the molecule is CC[S@](=O)[C@H]1CCC[C@@H](NC(=O)NCc2cccs2)C1. The number of carbonyl (C=O) groups excluding carboxylic acids is 1. The summed E-state index contributed by atoms with van der Waals surface area (Å²) in [5.74, 6) is 0.710. The highest BCUT2D eigenvalue weighted by atomic mass is 32.2. The topological polar surface area (TPSA) is 58.2 Å². The van der Waals surface area contributed by atoms with Gasteiger partial charge in [0.15, 0.2) is 0 Å². The molecule has 1 heterocycles. The van der Waals surface area contributed by atoms with Gasteiger partial charge >= 0.3 is 6.03 Å². The lowest BCUT2D eigenvalue weighted by Gasteiger charge is -2.29. The third kappa shape index (κ3) is 4.59. The number of nitrogens with one attached hydrogen (secondary N) is 2. The second-order valence-corrected chi connectivity index (χ2v) is 8.10. The summed E-state index contributed by atoms with van der Waals surface area (Å²) in [5, 5.41) is 8.13. The van der Waals surface area contributed by atoms with Crippen molar-refractivity contribution >= 4 is 28.2 Å². The largest absolute Gasteiger partial charge is 0.335 e. The molecule has 0 aromatic carbocycles. The van der Waals surface area contributed by atoms with Gasteiger partial charge in [-0.2, -0.15) is 0 Å². The molecule has 0 spiro atoms. The summed E-state index contributed by atoms with van der Waals surface area (Å²) < 4.78 is 11.9. The van der Waals surface area contributed by atoms with E-state index in [2.05, 4.69) is 10.6 Å². The number of hydrogen-bond donors (Lipinski definition) is 2.